The van der Waals surface area contributed by atoms with Gasteiger partial charge in [0.15, 0.2) is 6.61 Å². The van der Waals surface area contributed by atoms with Gasteiger partial charge in [-0.1, -0.05) is 0 Å². The molecule has 0 fully saturated rings. The molecule has 0 aliphatic heterocycles. The van der Waals surface area contributed by atoms with E-state index in [9.17, 15) is 14.0 Å². The molecule has 4 rings (SSSR count). The topological polar surface area (TPSA) is 97.0 Å². The lowest BCUT2D eigenvalue weighted by molar-refractivity contribution is -0.119. The first-order valence-electron chi connectivity index (χ1n) is 8.71. The van der Waals surface area contributed by atoms with E-state index in [1.165, 1.54) is 24.3 Å². The molecule has 0 aliphatic carbocycles. The van der Waals surface area contributed by atoms with Crippen molar-refractivity contribution in [2.75, 3.05) is 11.9 Å². The highest BCUT2D eigenvalue weighted by Crippen LogP contribution is 2.21. The molecule has 144 valence electrons. The van der Waals surface area contributed by atoms with Crippen LogP contribution in [0.4, 0.5) is 10.1 Å². The molecule has 0 saturated carbocycles. The summed E-state index contributed by atoms with van der Waals surface area (Å²) in [7, 11) is 0. The Morgan fingerprint density at radius 1 is 1.10 bits per heavy atom. The molecule has 29 heavy (non-hydrogen) atoms. The molecule has 2 aromatic heterocycles. The van der Waals surface area contributed by atoms with Crippen molar-refractivity contribution in [3.05, 3.63) is 78.4 Å². The van der Waals surface area contributed by atoms with Crippen LogP contribution in [0.25, 0.3) is 22.4 Å². The van der Waals surface area contributed by atoms with Crippen molar-refractivity contribution in [1.29, 1.82) is 0 Å². The molecule has 2 heterocycles. The number of rotatable bonds is 5. The summed E-state index contributed by atoms with van der Waals surface area (Å²) >= 11 is 0. The number of halogens is 1. The van der Waals surface area contributed by atoms with E-state index in [0.29, 0.717) is 22.5 Å². The molecular weight excluding hydrogens is 375 g/mol. The summed E-state index contributed by atoms with van der Waals surface area (Å²) in [4.78, 5) is 35.8. The molecular formula is C21H15FN4O3. The van der Waals surface area contributed by atoms with Crippen LogP contribution in [0.2, 0.25) is 0 Å². The minimum Gasteiger partial charge on any atom is -0.452 e. The minimum absolute atomic E-state index is 0.286. The van der Waals surface area contributed by atoms with E-state index in [1.54, 1.807) is 30.6 Å². The van der Waals surface area contributed by atoms with Gasteiger partial charge >= 0.3 is 5.97 Å². The van der Waals surface area contributed by atoms with E-state index in [4.69, 9.17) is 4.74 Å². The molecule has 0 saturated heterocycles. The number of aromatic nitrogens is 3. The number of H-pyrrole nitrogens is 1. The van der Waals surface area contributed by atoms with Crippen LogP contribution >= 0.6 is 0 Å². The number of aromatic amines is 1. The standard InChI is InChI=1S/C21H15FN4O3/c22-15-4-6-16(7-5-15)24-19(27)12-29-21(28)13-3-8-17-18(10-13)26-20(25-17)14-2-1-9-23-11-14/h1-11H,12H2,(H,24,27)(H,25,26). The summed E-state index contributed by atoms with van der Waals surface area (Å²) in [5.41, 5.74) is 2.87. The SMILES string of the molecule is O=C(COC(=O)c1ccc2nc(-c3cccnc3)[nH]c2c1)Nc1ccc(F)cc1. The number of ether oxygens (including phenoxy) is 1. The number of carbonyl (C=O) groups is 2. The summed E-state index contributed by atoms with van der Waals surface area (Å²) in [6.45, 7) is -0.460. The zero-order valence-electron chi connectivity index (χ0n) is 15.1. The summed E-state index contributed by atoms with van der Waals surface area (Å²) < 4.78 is 17.9. The molecule has 4 aromatic rings. The third-order valence-electron chi connectivity index (χ3n) is 4.11. The fourth-order valence-corrected chi connectivity index (χ4v) is 2.72. The van der Waals surface area contributed by atoms with Gasteiger partial charge in [0, 0.05) is 23.6 Å². The van der Waals surface area contributed by atoms with Crippen molar-refractivity contribution < 1.29 is 18.7 Å². The maximum Gasteiger partial charge on any atom is 0.338 e. The van der Waals surface area contributed by atoms with Crippen molar-refractivity contribution in [3.8, 4) is 11.4 Å². The molecule has 0 bridgehead atoms. The predicted molar refractivity (Wildman–Crippen MR) is 105 cm³/mol. The zero-order valence-corrected chi connectivity index (χ0v) is 15.1. The Balaban J connectivity index is 1.41. The highest BCUT2D eigenvalue weighted by atomic mass is 19.1. The van der Waals surface area contributed by atoms with Crippen molar-refractivity contribution in [2.45, 2.75) is 0 Å². The molecule has 2 aromatic carbocycles. The number of anilines is 1. The largest absolute Gasteiger partial charge is 0.452 e. The summed E-state index contributed by atoms with van der Waals surface area (Å²) in [5.74, 6) is -0.933. The number of amides is 1. The second-order valence-corrected chi connectivity index (χ2v) is 6.19. The Morgan fingerprint density at radius 3 is 2.69 bits per heavy atom. The van der Waals surface area contributed by atoms with Gasteiger partial charge in [0.25, 0.3) is 5.91 Å². The van der Waals surface area contributed by atoms with E-state index in [1.807, 2.05) is 12.1 Å². The van der Waals surface area contributed by atoms with Crippen molar-refractivity contribution in [1.82, 2.24) is 15.0 Å². The van der Waals surface area contributed by atoms with Crippen LogP contribution in [0, 0.1) is 5.82 Å². The van der Waals surface area contributed by atoms with Gasteiger partial charge in [-0.25, -0.2) is 14.2 Å². The maximum atomic E-state index is 12.9. The molecule has 8 heteroatoms. The minimum atomic E-state index is -0.640. The Bertz CT molecular complexity index is 1170. The average molecular weight is 390 g/mol. The van der Waals surface area contributed by atoms with E-state index < -0.39 is 24.3 Å². The lowest BCUT2D eigenvalue weighted by Crippen LogP contribution is -2.20. The first-order chi connectivity index (χ1) is 14.1. The van der Waals surface area contributed by atoms with E-state index in [-0.39, 0.29) is 5.56 Å². The Morgan fingerprint density at radius 2 is 1.93 bits per heavy atom. The highest BCUT2D eigenvalue weighted by molar-refractivity contribution is 5.97. The third-order valence-corrected chi connectivity index (χ3v) is 4.11. The molecule has 2 N–H and O–H groups in total. The van der Waals surface area contributed by atoms with Gasteiger partial charge in [0.1, 0.15) is 11.6 Å². The summed E-state index contributed by atoms with van der Waals surface area (Å²) in [5, 5.41) is 2.52. The second-order valence-electron chi connectivity index (χ2n) is 6.19. The number of hydrogen-bond donors (Lipinski definition) is 2. The van der Waals surface area contributed by atoms with Crippen LogP contribution in [0.3, 0.4) is 0 Å². The Labute approximate surface area is 164 Å². The number of carbonyl (C=O) groups excluding carboxylic acids is 2. The number of esters is 1. The lowest BCUT2D eigenvalue weighted by Gasteiger charge is -2.06. The number of imidazole rings is 1. The lowest BCUT2D eigenvalue weighted by atomic mass is 10.2. The van der Waals surface area contributed by atoms with Gasteiger partial charge < -0.3 is 15.0 Å². The number of hydrogen-bond acceptors (Lipinski definition) is 5. The van der Waals surface area contributed by atoms with Crippen LogP contribution < -0.4 is 5.32 Å². The summed E-state index contributed by atoms with van der Waals surface area (Å²) in [6, 6.07) is 13.9. The van der Waals surface area contributed by atoms with Gasteiger partial charge in [-0.15, -0.1) is 0 Å². The van der Waals surface area contributed by atoms with Gasteiger partial charge in [-0.2, -0.15) is 0 Å². The van der Waals surface area contributed by atoms with Crippen LogP contribution in [-0.2, 0) is 9.53 Å². The molecule has 0 spiro atoms. The number of nitrogens with zero attached hydrogens (tertiary/aromatic N) is 2. The number of nitrogens with one attached hydrogen (secondary N) is 2. The zero-order chi connectivity index (χ0) is 20.2. The first-order valence-corrected chi connectivity index (χ1v) is 8.71. The van der Waals surface area contributed by atoms with Crippen LogP contribution in [-0.4, -0.2) is 33.4 Å². The fraction of sp³-hybridized carbons (Fsp3) is 0.0476. The molecule has 0 atom stereocenters. The second kappa shape index (κ2) is 7.89. The van der Waals surface area contributed by atoms with E-state index in [0.717, 1.165) is 5.56 Å². The third kappa shape index (κ3) is 4.27. The van der Waals surface area contributed by atoms with Crippen molar-refractivity contribution in [3.63, 3.8) is 0 Å². The normalized spacial score (nSPS) is 10.7. The monoisotopic (exact) mass is 390 g/mol. The van der Waals surface area contributed by atoms with E-state index in [2.05, 4.69) is 20.3 Å². The molecule has 0 aliphatic rings. The summed E-state index contributed by atoms with van der Waals surface area (Å²) in [6.07, 6.45) is 3.36. The quantitative estimate of drug-likeness (QED) is 0.508. The average Bonchev–Trinajstić information content (AvgIpc) is 3.18. The Hall–Kier alpha value is -4.07. The molecule has 0 radical (unpaired) electrons. The smallest absolute Gasteiger partial charge is 0.338 e. The van der Waals surface area contributed by atoms with Crippen LogP contribution in [0.5, 0.6) is 0 Å². The maximum absolute atomic E-state index is 12.9. The molecule has 1 amide bonds. The van der Waals surface area contributed by atoms with Crippen LogP contribution in [0.1, 0.15) is 10.4 Å². The number of fused-ring (bicyclic) bond motifs is 1. The van der Waals surface area contributed by atoms with Gasteiger partial charge in [0.2, 0.25) is 0 Å². The number of benzene rings is 2. The van der Waals surface area contributed by atoms with Gasteiger partial charge in [-0.05, 0) is 54.6 Å². The van der Waals surface area contributed by atoms with Crippen molar-refractivity contribution >= 4 is 28.6 Å². The van der Waals surface area contributed by atoms with Crippen LogP contribution in [0.15, 0.2) is 67.0 Å². The van der Waals surface area contributed by atoms with Crippen molar-refractivity contribution in [2.24, 2.45) is 0 Å². The molecule has 7 nitrogen and oxygen atoms in total. The fourth-order valence-electron chi connectivity index (χ4n) is 2.72. The molecule has 0 unspecified atom stereocenters. The van der Waals surface area contributed by atoms with Gasteiger partial charge in [0.05, 0.1) is 16.6 Å². The highest BCUT2D eigenvalue weighted by Gasteiger charge is 2.13. The Kier molecular flexibility index (Phi) is 4.98. The van der Waals surface area contributed by atoms with Gasteiger partial charge in [-0.3, -0.25) is 9.78 Å². The number of pyridine rings is 1. The predicted octanol–water partition coefficient (Wildman–Crippen LogP) is 3.56. The first kappa shape index (κ1) is 18.3. The van der Waals surface area contributed by atoms with E-state index >= 15 is 0 Å².